The Balaban J connectivity index is 2.10. The number of ether oxygens (including phenoxy) is 1. The third-order valence-corrected chi connectivity index (χ3v) is 5.58. The summed E-state index contributed by atoms with van der Waals surface area (Å²) in [5, 5.41) is 12.6. The Bertz CT molecular complexity index is 763. The molecule has 0 fully saturated rings. The third-order valence-electron chi connectivity index (χ3n) is 4.61. The minimum absolute atomic E-state index is 0.0913. The first kappa shape index (κ1) is 22.2. The molecular formula is C20H32N5O2S+. The summed E-state index contributed by atoms with van der Waals surface area (Å²) in [5.41, 5.74) is 0.672. The summed E-state index contributed by atoms with van der Waals surface area (Å²) >= 11 is 1.43. The number of unbranched alkanes of at least 4 members (excludes halogenated alkanes) is 1. The third kappa shape index (κ3) is 5.72. The predicted molar refractivity (Wildman–Crippen MR) is 113 cm³/mol. The fourth-order valence-electron chi connectivity index (χ4n) is 3.10. The monoisotopic (exact) mass is 406 g/mol. The minimum atomic E-state index is -0.0913. The van der Waals surface area contributed by atoms with Gasteiger partial charge in [-0.25, -0.2) is 0 Å². The van der Waals surface area contributed by atoms with E-state index in [1.807, 2.05) is 24.3 Å². The van der Waals surface area contributed by atoms with Gasteiger partial charge in [-0.15, -0.1) is 10.2 Å². The first-order valence-electron chi connectivity index (χ1n) is 9.80. The molecule has 0 unspecified atom stereocenters. The summed E-state index contributed by atoms with van der Waals surface area (Å²) in [6.45, 7) is 5.22. The van der Waals surface area contributed by atoms with Gasteiger partial charge >= 0.3 is 0 Å². The predicted octanol–water partition coefficient (Wildman–Crippen LogP) is 2.41. The molecule has 2 N–H and O–H groups in total. The van der Waals surface area contributed by atoms with Crippen LogP contribution in [0.15, 0.2) is 29.4 Å². The van der Waals surface area contributed by atoms with Crippen LogP contribution in [0.2, 0.25) is 0 Å². The Kier molecular flexibility index (Phi) is 8.79. The average molecular weight is 407 g/mol. The number of anilines is 1. The van der Waals surface area contributed by atoms with Gasteiger partial charge in [-0.05, 0) is 18.6 Å². The second-order valence-electron chi connectivity index (χ2n) is 6.92. The van der Waals surface area contributed by atoms with Gasteiger partial charge in [0, 0.05) is 13.0 Å². The molecule has 0 bridgehead atoms. The van der Waals surface area contributed by atoms with Crippen LogP contribution >= 0.6 is 11.8 Å². The molecule has 28 heavy (non-hydrogen) atoms. The minimum Gasteiger partial charge on any atom is -0.495 e. The van der Waals surface area contributed by atoms with Crippen molar-refractivity contribution in [3.63, 3.8) is 0 Å². The summed E-state index contributed by atoms with van der Waals surface area (Å²) in [6, 6.07) is 7.69. The molecular weight excluding hydrogens is 374 g/mol. The summed E-state index contributed by atoms with van der Waals surface area (Å²) in [7, 11) is 5.87. The van der Waals surface area contributed by atoms with Crippen LogP contribution in [0, 0.1) is 0 Å². The second-order valence-corrected chi connectivity index (χ2v) is 7.86. The lowest BCUT2D eigenvalue weighted by Crippen LogP contribution is -3.06. The average Bonchev–Trinajstić information content (AvgIpc) is 3.08. The van der Waals surface area contributed by atoms with E-state index in [-0.39, 0.29) is 11.7 Å². The van der Waals surface area contributed by atoms with E-state index in [2.05, 4.69) is 48.0 Å². The highest BCUT2D eigenvalue weighted by molar-refractivity contribution is 7.99. The van der Waals surface area contributed by atoms with Crippen LogP contribution in [0.4, 0.5) is 5.69 Å². The van der Waals surface area contributed by atoms with E-state index >= 15 is 0 Å². The number of rotatable bonds is 11. The molecule has 0 radical (unpaired) electrons. The highest BCUT2D eigenvalue weighted by Crippen LogP contribution is 2.25. The summed E-state index contributed by atoms with van der Waals surface area (Å²) in [5.74, 6) is 1.83. The standard InChI is InChI=1S/C20H31N5O2S/c1-6-8-13-25-19(16(7-2)24(3)4)22-23-20(25)28-14-18(26)21-15-11-9-10-12-17(15)27-5/h9-12,16H,6-8,13-14H2,1-5H3,(H,21,26)/p+1/t16-/m0/s1. The van der Waals surface area contributed by atoms with Crippen molar-refractivity contribution in [3.05, 3.63) is 30.1 Å². The fraction of sp³-hybridized carbons (Fsp3) is 0.550. The Morgan fingerprint density at radius 1 is 1.29 bits per heavy atom. The van der Waals surface area contributed by atoms with Crippen LogP contribution in [0.5, 0.6) is 5.75 Å². The van der Waals surface area contributed by atoms with Gasteiger partial charge in [-0.3, -0.25) is 4.79 Å². The number of benzene rings is 1. The maximum Gasteiger partial charge on any atom is 0.234 e. The van der Waals surface area contributed by atoms with E-state index < -0.39 is 0 Å². The lowest BCUT2D eigenvalue weighted by Gasteiger charge is -2.20. The van der Waals surface area contributed by atoms with Crippen molar-refractivity contribution < 1.29 is 14.4 Å². The molecule has 0 aliphatic heterocycles. The van der Waals surface area contributed by atoms with Crippen molar-refractivity contribution in [1.82, 2.24) is 14.8 Å². The number of hydrogen-bond acceptors (Lipinski definition) is 5. The van der Waals surface area contributed by atoms with Crippen LogP contribution in [-0.4, -0.2) is 47.6 Å². The number of para-hydroxylation sites is 2. The SMILES string of the molecule is CCCCn1c(SCC(=O)Nc2ccccc2OC)nnc1[C@H](CC)[NH+](C)C. The number of quaternary nitrogens is 1. The molecule has 1 heterocycles. The topological polar surface area (TPSA) is 73.5 Å². The molecule has 2 rings (SSSR count). The van der Waals surface area contributed by atoms with E-state index in [1.54, 1.807) is 7.11 Å². The number of carbonyl (C=O) groups is 1. The molecule has 0 saturated heterocycles. The number of thioether (sulfide) groups is 1. The molecule has 154 valence electrons. The van der Waals surface area contributed by atoms with Crippen LogP contribution in [0.3, 0.4) is 0 Å². The second kappa shape index (κ2) is 11.1. The van der Waals surface area contributed by atoms with Gasteiger partial charge in [0.1, 0.15) is 11.8 Å². The molecule has 1 aromatic heterocycles. The van der Waals surface area contributed by atoms with E-state index in [1.165, 1.54) is 16.7 Å². The van der Waals surface area contributed by atoms with E-state index in [4.69, 9.17) is 4.74 Å². The van der Waals surface area contributed by atoms with E-state index in [0.29, 0.717) is 17.5 Å². The highest BCUT2D eigenvalue weighted by atomic mass is 32.2. The van der Waals surface area contributed by atoms with Gasteiger partial charge in [-0.2, -0.15) is 0 Å². The van der Waals surface area contributed by atoms with Crippen molar-refractivity contribution in [1.29, 1.82) is 0 Å². The van der Waals surface area contributed by atoms with E-state index in [9.17, 15) is 4.79 Å². The fourth-order valence-corrected chi connectivity index (χ4v) is 3.88. The molecule has 1 atom stereocenters. The number of carbonyl (C=O) groups excluding carboxylic acids is 1. The van der Waals surface area contributed by atoms with Crippen LogP contribution in [-0.2, 0) is 11.3 Å². The van der Waals surface area contributed by atoms with Gasteiger partial charge < -0.3 is 19.5 Å². The summed E-state index contributed by atoms with van der Waals surface area (Å²) in [6.07, 6.45) is 3.15. The van der Waals surface area contributed by atoms with Gasteiger partial charge in [0.25, 0.3) is 0 Å². The van der Waals surface area contributed by atoms with Crippen molar-refractivity contribution in [2.24, 2.45) is 0 Å². The number of nitrogens with zero attached hydrogens (tertiary/aromatic N) is 3. The molecule has 0 spiro atoms. The number of amides is 1. The van der Waals surface area contributed by atoms with Crippen molar-refractivity contribution in [2.45, 2.75) is 50.9 Å². The molecule has 8 heteroatoms. The Labute approximate surface area is 171 Å². The number of hydrogen-bond donors (Lipinski definition) is 2. The van der Waals surface area contributed by atoms with Crippen LogP contribution in [0.1, 0.15) is 45.0 Å². The van der Waals surface area contributed by atoms with E-state index in [0.717, 1.165) is 36.8 Å². The maximum atomic E-state index is 12.4. The first-order chi connectivity index (χ1) is 13.5. The quantitative estimate of drug-likeness (QED) is 0.561. The Morgan fingerprint density at radius 3 is 2.68 bits per heavy atom. The van der Waals surface area contributed by atoms with Gasteiger partial charge in [0.2, 0.25) is 5.91 Å². The number of methoxy groups -OCH3 is 1. The lowest BCUT2D eigenvalue weighted by molar-refractivity contribution is -0.893. The maximum absolute atomic E-state index is 12.4. The molecule has 0 saturated carbocycles. The Hall–Kier alpha value is -2.06. The zero-order valence-corrected chi connectivity index (χ0v) is 18.3. The van der Waals surface area contributed by atoms with Crippen molar-refractivity contribution >= 4 is 23.4 Å². The summed E-state index contributed by atoms with van der Waals surface area (Å²) < 4.78 is 7.47. The van der Waals surface area contributed by atoms with Gasteiger partial charge in [-0.1, -0.05) is 44.2 Å². The highest BCUT2D eigenvalue weighted by Gasteiger charge is 2.25. The molecule has 0 aliphatic carbocycles. The number of aromatic nitrogens is 3. The van der Waals surface area contributed by atoms with Gasteiger partial charge in [0.15, 0.2) is 11.0 Å². The largest absolute Gasteiger partial charge is 0.495 e. The van der Waals surface area contributed by atoms with Crippen LogP contribution in [0.25, 0.3) is 0 Å². The molecule has 2 aromatic rings. The zero-order chi connectivity index (χ0) is 20.5. The molecule has 7 nitrogen and oxygen atoms in total. The van der Waals surface area contributed by atoms with Crippen LogP contribution < -0.4 is 15.0 Å². The smallest absolute Gasteiger partial charge is 0.234 e. The van der Waals surface area contributed by atoms with Gasteiger partial charge in [0.05, 0.1) is 32.6 Å². The number of nitrogens with one attached hydrogen (secondary N) is 2. The first-order valence-corrected chi connectivity index (χ1v) is 10.8. The summed E-state index contributed by atoms with van der Waals surface area (Å²) in [4.78, 5) is 13.8. The zero-order valence-electron chi connectivity index (χ0n) is 17.5. The Morgan fingerprint density at radius 2 is 2.04 bits per heavy atom. The molecule has 1 aromatic carbocycles. The molecule has 1 amide bonds. The van der Waals surface area contributed by atoms with Crippen molar-refractivity contribution in [3.8, 4) is 5.75 Å². The normalized spacial score (nSPS) is 12.2. The van der Waals surface area contributed by atoms with Crippen molar-refractivity contribution in [2.75, 3.05) is 32.3 Å². The lowest BCUT2D eigenvalue weighted by atomic mass is 10.2. The molecule has 0 aliphatic rings.